The minimum absolute atomic E-state index is 0.00739. The van der Waals surface area contributed by atoms with E-state index in [0.29, 0.717) is 24.5 Å². The Morgan fingerprint density at radius 3 is 2.50 bits per heavy atom. The molecule has 1 aliphatic heterocycles. The van der Waals surface area contributed by atoms with Crippen molar-refractivity contribution in [3.63, 3.8) is 0 Å². The largest absolute Gasteiger partial charge is 0.433 e. The van der Waals surface area contributed by atoms with Crippen LogP contribution in [0.25, 0.3) is 0 Å². The first-order chi connectivity index (χ1) is 15.0. The standard InChI is InChI=1S/C20H27F3N8O/c1-9(2)16-18(32)29-15-10(3)26-19(30-17(15)31(16)4)28-12-5-11(6-12)27-14-7-13(20(21,22)23)24-8-25-14/h7-9,11-12,16,18,29,32H,5-6H2,1-4H3,(H,24,25,27)(H,26,28,30)/t11?,12?,16-,18?/m0/s1. The van der Waals surface area contributed by atoms with Crippen LogP contribution in [-0.4, -0.2) is 56.4 Å². The first kappa shape index (κ1) is 22.3. The molecule has 2 aromatic heterocycles. The summed E-state index contributed by atoms with van der Waals surface area (Å²) >= 11 is 0. The Balaban J connectivity index is 1.39. The van der Waals surface area contributed by atoms with Crippen LogP contribution in [0, 0.1) is 12.8 Å². The topological polar surface area (TPSA) is 111 Å². The van der Waals surface area contributed by atoms with Gasteiger partial charge in [0.1, 0.15) is 29.8 Å². The third-order valence-electron chi connectivity index (χ3n) is 5.93. The van der Waals surface area contributed by atoms with Crippen molar-refractivity contribution >= 4 is 23.3 Å². The van der Waals surface area contributed by atoms with Crippen LogP contribution in [0.1, 0.15) is 38.1 Å². The summed E-state index contributed by atoms with van der Waals surface area (Å²) in [5.41, 5.74) is 0.463. The zero-order valence-corrected chi connectivity index (χ0v) is 18.3. The molecular formula is C20H27F3N8O. The number of halogens is 3. The lowest BCUT2D eigenvalue weighted by molar-refractivity contribution is -0.141. The molecule has 4 rings (SSSR count). The fraction of sp³-hybridized carbons (Fsp3) is 0.600. The molecule has 0 bridgehead atoms. The number of rotatable bonds is 5. The molecule has 1 saturated carbocycles. The number of alkyl halides is 3. The minimum Gasteiger partial charge on any atom is -0.372 e. The van der Waals surface area contributed by atoms with E-state index in [1.165, 1.54) is 0 Å². The summed E-state index contributed by atoms with van der Waals surface area (Å²) in [5, 5.41) is 19.9. The zero-order chi connectivity index (χ0) is 23.2. The predicted octanol–water partition coefficient (Wildman–Crippen LogP) is 2.85. The van der Waals surface area contributed by atoms with Crippen molar-refractivity contribution in [2.45, 2.75) is 64.1 Å². The van der Waals surface area contributed by atoms with Gasteiger partial charge >= 0.3 is 6.18 Å². The summed E-state index contributed by atoms with van der Waals surface area (Å²) in [6.45, 7) is 5.94. The number of hydrogen-bond acceptors (Lipinski definition) is 9. The molecule has 0 aromatic carbocycles. The number of nitrogens with zero attached hydrogens (tertiary/aromatic N) is 5. The molecule has 1 aliphatic carbocycles. The molecule has 3 heterocycles. The fourth-order valence-corrected chi connectivity index (χ4v) is 4.28. The van der Waals surface area contributed by atoms with Gasteiger partial charge in [-0.15, -0.1) is 0 Å². The molecule has 0 amide bonds. The number of aryl methyl sites for hydroxylation is 1. The molecule has 2 atom stereocenters. The van der Waals surface area contributed by atoms with Crippen LogP contribution in [-0.2, 0) is 6.18 Å². The van der Waals surface area contributed by atoms with E-state index >= 15 is 0 Å². The van der Waals surface area contributed by atoms with Crippen LogP contribution in [0.2, 0.25) is 0 Å². The summed E-state index contributed by atoms with van der Waals surface area (Å²) in [7, 11) is 1.91. The molecule has 9 nitrogen and oxygen atoms in total. The number of fused-ring (bicyclic) bond motifs is 1. The highest BCUT2D eigenvalue weighted by Gasteiger charge is 2.37. The van der Waals surface area contributed by atoms with Crippen LogP contribution in [0.3, 0.4) is 0 Å². The molecule has 0 spiro atoms. The molecular weight excluding hydrogens is 425 g/mol. The van der Waals surface area contributed by atoms with Crippen LogP contribution in [0.15, 0.2) is 12.4 Å². The number of aliphatic hydroxyl groups is 1. The van der Waals surface area contributed by atoms with E-state index < -0.39 is 18.1 Å². The number of aliphatic hydroxyl groups excluding tert-OH is 1. The Hall–Kier alpha value is -2.89. The summed E-state index contributed by atoms with van der Waals surface area (Å²) in [4.78, 5) is 18.3. The van der Waals surface area contributed by atoms with Gasteiger partial charge in [-0.3, -0.25) is 0 Å². The van der Waals surface area contributed by atoms with Crippen LogP contribution < -0.4 is 20.9 Å². The lowest BCUT2D eigenvalue weighted by Gasteiger charge is -2.42. The predicted molar refractivity (Wildman–Crippen MR) is 115 cm³/mol. The van der Waals surface area contributed by atoms with Gasteiger partial charge in [0.05, 0.1) is 11.7 Å². The highest BCUT2D eigenvalue weighted by Crippen LogP contribution is 2.36. The van der Waals surface area contributed by atoms with Crippen molar-refractivity contribution in [2.75, 3.05) is 27.9 Å². The van der Waals surface area contributed by atoms with E-state index in [4.69, 9.17) is 0 Å². The second kappa shape index (κ2) is 8.23. The SMILES string of the molecule is Cc1nc(NC2CC(Nc3cc(C(F)(F)F)ncn3)C2)nc2c1NC(O)[C@H](C(C)C)N2C. The van der Waals surface area contributed by atoms with Gasteiger partial charge in [-0.1, -0.05) is 13.8 Å². The van der Waals surface area contributed by atoms with E-state index in [-0.39, 0.29) is 29.9 Å². The molecule has 2 aliphatic rings. The second-order valence-electron chi connectivity index (χ2n) is 8.71. The Labute approximate surface area is 183 Å². The van der Waals surface area contributed by atoms with E-state index in [1.54, 1.807) is 0 Å². The Bertz CT molecular complexity index is 980. The number of nitrogens with one attached hydrogen (secondary N) is 3. The summed E-state index contributed by atoms with van der Waals surface area (Å²) in [6, 6.07) is 0.865. The average molecular weight is 452 g/mol. The van der Waals surface area contributed by atoms with Crippen LogP contribution >= 0.6 is 0 Å². The van der Waals surface area contributed by atoms with E-state index in [1.807, 2.05) is 32.7 Å². The molecule has 0 saturated heterocycles. The van der Waals surface area contributed by atoms with Crippen molar-refractivity contribution in [2.24, 2.45) is 5.92 Å². The molecule has 0 radical (unpaired) electrons. The van der Waals surface area contributed by atoms with Gasteiger partial charge in [0.2, 0.25) is 5.95 Å². The molecule has 4 N–H and O–H groups in total. The summed E-state index contributed by atoms with van der Waals surface area (Å²) < 4.78 is 38.4. The van der Waals surface area contributed by atoms with Crippen molar-refractivity contribution in [3.8, 4) is 0 Å². The molecule has 32 heavy (non-hydrogen) atoms. The minimum atomic E-state index is -4.50. The third kappa shape index (κ3) is 4.36. The van der Waals surface area contributed by atoms with Gasteiger partial charge < -0.3 is 26.0 Å². The molecule has 174 valence electrons. The van der Waals surface area contributed by atoms with Gasteiger partial charge in [0.25, 0.3) is 0 Å². The lowest BCUT2D eigenvalue weighted by atomic mass is 9.87. The van der Waals surface area contributed by atoms with Gasteiger partial charge in [-0.05, 0) is 25.7 Å². The number of likely N-dealkylation sites (N-methyl/N-ethyl adjacent to an activating group) is 1. The Morgan fingerprint density at radius 2 is 1.84 bits per heavy atom. The zero-order valence-electron chi connectivity index (χ0n) is 18.3. The quantitative estimate of drug-likeness (QED) is 0.544. The number of hydrogen-bond donors (Lipinski definition) is 4. The van der Waals surface area contributed by atoms with Crippen molar-refractivity contribution < 1.29 is 18.3 Å². The maximum Gasteiger partial charge on any atom is 0.433 e. The molecule has 1 fully saturated rings. The van der Waals surface area contributed by atoms with E-state index in [2.05, 4.69) is 35.9 Å². The smallest absolute Gasteiger partial charge is 0.372 e. The van der Waals surface area contributed by atoms with E-state index in [9.17, 15) is 18.3 Å². The molecule has 1 unspecified atom stereocenters. The highest BCUT2D eigenvalue weighted by atomic mass is 19.4. The first-order valence-corrected chi connectivity index (χ1v) is 10.5. The van der Waals surface area contributed by atoms with Gasteiger partial charge in [-0.25, -0.2) is 15.0 Å². The summed E-state index contributed by atoms with van der Waals surface area (Å²) in [5.74, 6) is 1.57. The monoisotopic (exact) mass is 452 g/mol. The highest BCUT2D eigenvalue weighted by molar-refractivity contribution is 5.72. The van der Waals surface area contributed by atoms with Crippen molar-refractivity contribution in [3.05, 3.63) is 23.8 Å². The fourth-order valence-electron chi connectivity index (χ4n) is 4.28. The van der Waals surface area contributed by atoms with Crippen molar-refractivity contribution in [1.29, 1.82) is 0 Å². The van der Waals surface area contributed by atoms with Gasteiger partial charge in [0, 0.05) is 25.2 Å². The lowest BCUT2D eigenvalue weighted by Crippen LogP contribution is -2.52. The number of aromatic nitrogens is 4. The maximum atomic E-state index is 12.8. The average Bonchev–Trinajstić information content (AvgIpc) is 2.66. The Kier molecular flexibility index (Phi) is 5.74. The second-order valence-corrected chi connectivity index (χ2v) is 8.71. The van der Waals surface area contributed by atoms with Crippen LogP contribution in [0.5, 0.6) is 0 Å². The molecule has 2 aromatic rings. The van der Waals surface area contributed by atoms with Crippen molar-refractivity contribution in [1.82, 2.24) is 19.9 Å². The number of anilines is 4. The van der Waals surface area contributed by atoms with Crippen LogP contribution in [0.4, 0.5) is 36.4 Å². The Morgan fingerprint density at radius 1 is 1.16 bits per heavy atom. The van der Waals surface area contributed by atoms with Gasteiger partial charge in [-0.2, -0.15) is 18.2 Å². The van der Waals surface area contributed by atoms with E-state index in [0.717, 1.165) is 23.9 Å². The maximum absolute atomic E-state index is 12.8. The van der Waals surface area contributed by atoms with Gasteiger partial charge in [0.15, 0.2) is 5.82 Å². The summed E-state index contributed by atoms with van der Waals surface area (Å²) in [6.07, 6.45) is -2.93. The molecule has 12 heteroatoms. The third-order valence-corrected chi connectivity index (χ3v) is 5.93. The normalized spacial score (nSPS) is 25.1. The first-order valence-electron chi connectivity index (χ1n) is 10.5.